The highest BCUT2D eigenvalue weighted by Crippen LogP contribution is 2.27. The van der Waals surface area contributed by atoms with Gasteiger partial charge in [0.1, 0.15) is 0 Å². The predicted molar refractivity (Wildman–Crippen MR) is 60.8 cm³/mol. The van der Waals surface area contributed by atoms with Gasteiger partial charge in [0.25, 0.3) is 0 Å². The molecule has 1 fully saturated rings. The fourth-order valence-electron chi connectivity index (χ4n) is 1.91. The van der Waals surface area contributed by atoms with E-state index in [1.165, 1.54) is 19.3 Å². The molecule has 0 aliphatic heterocycles. The number of hydrogen-bond donors (Lipinski definition) is 1. The third kappa shape index (κ3) is 2.26. The summed E-state index contributed by atoms with van der Waals surface area (Å²) in [5.41, 5.74) is 6.79. The number of aromatic nitrogens is 2. The second kappa shape index (κ2) is 4.57. The molecular formula is C11H18N4. The zero-order valence-electron chi connectivity index (χ0n) is 9.19. The first-order valence-corrected chi connectivity index (χ1v) is 5.57. The highest BCUT2D eigenvalue weighted by atomic mass is 15.3. The maximum Gasteiger partial charge on any atom is 0.151 e. The van der Waals surface area contributed by atoms with E-state index in [1.54, 1.807) is 6.20 Å². The summed E-state index contributed by atoms with van der Waals surface area (Å²) in [4.78, 5) is 2.30. The molecule has 1 heterocycles. The molecule has 1 saturated carbocycles. The summed E-state index contributed by atoms with van der Waals surface area (Å²) >= 11 is 0. The van der Waals surface area contributed by atoms with Gasteiger partial charge < -0.3 is 10.6 Å². The number of rotatable bonds is 4. The lowest BCUT2D eigenvalue weighted by atomic mass is 9.91. The average Bonchev–Trinajstić information content (AvgIpc) is 2.14. The van der Waals surface area contributed by atoms with Crippen molar-refractivity contribution in [2.24, 2.45) is 5.73 Å². The predicted octanol–water partition coefficient (Wildman–Crippen LogP) is 1.10. The Balaban J connectivity index is 2.15. The van der Waals surface area contributed by atoms with Crippen molar-refractivity contribution in [2.75, 3.05) is 18.0 Å². The largest absolute Gasteiger partial charge is 0.351 e. The van der Waals surface area contributed by atoms with Crippen LogP contribution >= 0.6 is 0 Å². The van der Waals surface area contributed by atoms with Gasteiger partial charge in [-0.2, -0.15) is 5.10 Å². The summed E-state index contributed by atoms with van der Waals surface area (Å²) < 4.78 is 0. The lowest BCUT2D eigenvalue weighted by Crippen LogP contribution is -2.43. The van der Waals surface area contributed by atoms with E-state index in [0.29, 0.717) is 12.6 Å². The molecule has 1 aliphatic carbocycles. The molecule has 1 aliphatic rings. The molecular weight excluding hydrogens is 188 g/mol. The van der Waals surface area contributed by atoms with Crippen LogP contribution in [0.3, 0.4) is 0 Å². The van der Waals surface area contributed by atoms with Crippen molar-refractivity contribution in [1.82, 2.24) is 10.2 Å². The molecule has 0 aromatic carbocycles. The zero-order valence-corrected chi connectivity index (χ0v) is 9.19. The van der Waals surface area contributed by atoms with Crippen molar-refractivity contribution in [3.63, 3.8) is 0 Å². The SMILES string of the molecule is Cc1cnnc(N(CCN)C2CCC2)c1. The van der Waals surface area contributed by atoms with Gasteiger partial charge in [-0.25, -0.2) is 0 Å². The van der Waals surface area contributed by atoms with Crippen LogP contribution in [0.5, 0.6) is 0 Å². The van der Waals surface area contributed by atoms with Crippen molar-refractivity contribution in [3.8, 4) is 0 Å². The highest BCUT2D eigenvalue weighted by Gasteiger charge is 2.25. The highest BCUT2D eigenvalue weighted by molar-refractivity contribution is 5.41. The van der Waals surface area contributed by atoms with Crippen molar-refractivity contribution in [1.29, 1.82) is 0 Å². The van der Waals surface area contributed by atoms with E-state index in [4.69, 9.17) is 5.73 Å². The van der Waals surface area contributed by atoms with Crippen LogP contribution < -0.4 is 10.6 Å². The van der Waals surface area contributed by atoms with Gasteiger partial charge in [-0.1, -0.05) is 0 Å². The standard InChI is InChI=1S/C11H18N4/c1-9-7-11(14-13-8-9)15(6-5-12)10-3-2-4-10/h7-8,10H,2-6,12H2,1H3. The Hall–Kier alpha value is -1.16. The minimum Gasteiger partial charge on any atom is -0.351 e. The minimum atomic E-state index is 0.629. The summed E-state index contributed by atoms with van der Waals surface area (Å²) in [7, 11) is 0. The van der Waals surface area contributed by atoms with E-state index < -0.39 is 0 Å². The van der Waals surface area contributed by atoms with Gasteiger partial charge in [0.2, 0.25) is 0 Å². The van der Waals surface area contributed by atoms with Crippen molar-refractivity contribution in [2.45, 2.75) is 32.2 Å². The van der Waals surface area contributed by atoms with Gasteiger partial charge in [0, 0.05) is 19.1 Å². The Morgan fingerprint density at radius 1 is 1.53 bits per heavy atom. The first-order valence-electron chi connectivity index (χ1n) is 5.57. The molecule has 0 unspecified atom stereocenters. The number of nitrogens with two attached hydrogens (primary N) is 1. The Bertz CT molecular complexity index is 322. The minimum absolute atomic E-state index is 0.629. The molecule has 1 aromatic heterocycles. The molecule has 0 bridgehead atoms. The maximum absolute atomic E-state index is 5.63. The normalized spacial score (nSPS) is 16.1. The van der Waals surface area contributed by atoms with Gasteiger partial charge in [0.05, 0.1) is 6.20 Å². The molecule has 2 rings (SSSR count). The Kier molecular flexibility index (Phi) is 3.16. The van der Waals surface area contributed by atoms with Gasteiger partial charge in [-0.3, -0.25) is 0 Å². The molecule has 2 N–H and O–H groups in total. The zero-order chi connectivity index (χ0) is 10.7. The average molecular weight is 206 g/mol. The molecule has 1 aromatic rings. The molecule has 4 heteroatoms. The molecule has 0 atom stereocenters. The van der Waals surface area contributed by atoms with Gasteiger partial charge >= 0.3 is 0 Å². The van der Waals surface area contributed by atoms with E-state index in [-0.39, 0.29) is 0 Å². The van der Waals surface area contributed by atoms with Crippen LogP contribution in [-0.2, 0) is 0 Å². The summed E-state index contributed by atoms with van der Waals surface area (Å²) in [5, 5.41) is 8.18. The van der Waals surface area contributed by atoms with Crippen LogP contribution in [0.1, 0.15) is 24.8 Å². The van der Waals surface area contributed by atoms with Crippen LogP contribution in [0.2, 0.25) is 0 Å². The van der Waals surface area contributed by atoms with Crippen LogP contribution in [0.4, 0.5) is 5.82 Å². The Labute approximate surface area is 90.5 Å². The van der Waals surface area contributed by atoms with E-state index in [2.05, 4.69) is 21.2 Å². The summed E-state index contributed by atoms with van der Waals surface area (Å²) in [6, 6.07) is 2.71. The van der Waals surface area contributed by atoms with Crippen LogP contribution in [-0.4, -0.2) is 29.3 Å². The fraction of sp³-hybridized carbons (Fsp3) is 0.636. The maximum atomic E-state index is 5.63. The van der Waals surface area contributed by atoms with Crippen molar-refractivity contribution < 1.29 is 0 Å². The number of hydrogen-bond acceptors (Lipinski definition) is 4. The molecule has 15 heavy (non-hydrogen) atoms. The monoisotopic (exact) mass is 206 g/mol. The van der Waals surface area contributed by atoms with Gasteiger partial charge in [-0.15, -0.1) is 5.10 Å². The quantitative estimate of drug-likeness (QED) is 0.801. The van der Waals surface area contributed by atoms with Crippen LogP contribution in [0.15, 0.2) is 12.3 Å². The molecule has 0 spiro atoms. The Morgan fingerprint density at radius 2 is 2.33 bits per heavy atom. The fourth-order valence-corrected chi connectivity index (χ4v) is 1.91. The van der Waals surface area contributed by atoms with E-state index in [1.807, 2.05) is 6.92 Å². The summed E-state index contributed by atoms with van der Waals surface area (Å²) in [6.45, 7) is 3.59. The topological polar surface area (TPSA) is 55.0 Å². The van der Waals surface area contributed by atoms with Crippen LogP contribution in [0.25, 0.3) is 0 Å². The van der Waals surface area contributed by atoms with Crippen molar-refractivity contribution in [3.05, 3.63) is 17.8 Å². The second-order valence-corrected chi connectivity index (χ2v) is 4.16. The first-order chi connectivity index (χ1) is 7.31. The summed E-state index contributed by atoms with van der Waals surface area (Å²) in [6.07, 6.45) is 5.63. The third-order valence-electron chi connectivity index (χ3n) is 2.96. The number of aryl methyl sites for hydroxylation is 1. The summed E-state index contributed by atoms with van der Waals surface area (Å²) in [5.74, 6) is 0.977. The lowest BCUT2D eigenvalue weighted by Gasteiger charge is -2.38. The molecule has 82 valence electrons. The number of anilines is 1. The molecule has 4 nitrogen and oxygen atoms in total. The smallest absolute Gasteiger partial charge is 0.151 e. The Morgan fingerprint density at radius 3 is 2.87 bits per heavy atom. The number of nitrogens with zero attached hydrogens (tertiary/aromatic N) is 3. The van der Waals surface area contributed by atoms with Gasteiger partial charge in [0.15, 0.2) is 5.82 Å². The lowest BCUT2D eigenvalue weighted by molar-refractivity contribution is 0.385. The molecule has 0 amide bonds. The second-order valence-electron chi connectivity index (χ2n) is 4.16. The van der Waals surface area contributed by atoms with E-state index in [0.717, 1.165) is 17.9 Å². The van der Waals surface area contributed by atoms with Crippen LogP contribution in [0, 0.1) is 6.92 Å². The molecule has 0 saturated heterocycles. The first kappa shape index (κ1) is 10.4. The molecule has 0 radical (unpaired) electrons. The van der Waals surface area contributed by atoms with Crippen molar-refractivity contribution >= 4 is 5.82 Å². The van der Waals surface area contributed by atoms with Gasteiger partial charge in [-0.05, 0) is 37.8 Å². The van der Waals surface area contributed by atoms with E-state index in [9.17, 15) is 0 Å². The van der Waals surface area contributed by atoms with E-state index >= 15 is 0 Å². The third-order valence-corrected chi connectivity index (χ3v) is 2.96.